The smallest absolute Gasteiger partial charge is 0.306 e. The molecule has 1 saturated heterocycles. The highest BCUT2D eigenvalue weighted by atomic mass is 32.2. The molecule has 0 aliphatic carbocycles. The number of ether oxygens (including phenoxy) is 4. The van der Waals surface area contributed by atoms with Crippen LogP contribution in [-0.2, 0) is 38.7 Å². The number of unbranched alkanes of at least 4 members (excludes halogenated alkanes) is 12. The minimum Gasteiger partial charge on any atom is -0.462 e. The van der Waals surface area contributed by atoms with E-state index >= 15 is 0 Å². The van der Waals surface area contributed by atoms with Gasteiger partial charge in [-0.3, -0.25) is 14.1 Å². The molecule has 1 rings (SSSR count). The second-order valence-corrected chi connectivity index (χ2v) is 14.7. The van der Waals surface area contributed by atoms with Gasteiger partial charge in [-0.15, -0.1) is 0 Å². The molecule has 1 fully saturated rings. The first-order valence-electron chi connectivity index (χ1n) is 19.0. The van der Waals surface area contributed by atoms with E-state index in [4.69, 9.17) is 18.9 Å². The number of carbonyl (C=O) groups is 2. The van der Waals surface area contributed by atoms with Gasteiger partial charge in [0.1, 0.15) is 36.8 Å². The zero-order chi connectivity index (χ0) is 37.7. The summed E-state index contributed by atoms with van der Waals surface area (Å²) in [5.74, 6) is -2.04. The summed E-state index contributed by atoms with van der Waals surface area (Å²) < 4.78 is 53.6. The summed E-state index contributed by atoms with van der Waals surface area (Å²) in [6.45, 7) is 3.62. The molecular weight excluding hydrogens is 680 g/mol. The Balaban J connectivity index is 2.54. The molecule has 0 radical (unpaired) electrons. The molecule has 2 unspecified atom stereocenters. The Morgan fingerprint density at radius 1 is 0.667 bits per heavy atom. The molecule has 296 valence electrons. The van der Waals surface area contributed by atoms with Crippen LogP contribution in [0.1, 0.15) is 136 Å². The Labute approximate surface area is 306 Å². The molecule has 0 aromatic heterocycles. The summed E-state index contributed by atoms with van der Waals surface area (Å²) >= 11 is 0. The van der Waals surface area contributed by atoms with Gasteiger partial charge in [0.25, 0.3) is 10.1 Å². The molecule has 1 heterocycles. The van der Waals surface area contributed by atoms with E-state index in [-0.39, 0.29) is 19.4 Å². The number of aliphatic hydroxyl groups excluding tert-OH is 3. The Kier molecular flexibility index (Phi) is 27.0. The van der Waals surface area contributed by atoms with Crippen LogP contribution >= 0.6 is 0 Å². The summed E-state index contributed by atoms with van der Waals surface area (Å²) in [6.07, 6.45) is 20.8. The average Bonchev–Trinajstić information content (AvgIpc) is 3.09. The standard InChI is InChI=1S/C38H66O12S/c1-3-5-7-9-11-13-14-15-16-17-18-19-21-22-24-26-33(39)47-28-31(49-34(40)27-25-23-20-12-10-8-6-4-2)29-48-38-37(43)36(42)35(41)32(50-38)30-51(44,45)46/h11,13,15-16,18-19,31-32,35-38,41-43H,3-10,12,14,17,20-30H2,1-2H3,(H,44,45,46)/b13-11+,16-15+,19-18+/t31-,32-,35-,36?,37?,38+/m1/s1. The predicted octanol–water partition coefficient (Wildman–Crippen LogP) is 6.27. The summed E-state index contributed by atoms with van der Waals surface area (Å²) in [5, 5.41) is 30.7. The van der Waals surface area contributed by atoms with Crippen molar-refractivity contribution in [3.63, 3.8) is 0 Å². The number of hydrogen-bond donors (Lipinski definition) is 4. The van der Waals surface area contributed by atoms with Crippen molar-refractivity contribution in [1.29, 1.82) is 0 Å². The number of hydrogen-bond acceptors (Lipinski definition) is 11. The SMILES string of the molecule is CCCCC/C=C/C/C=C/C/C=C/CCCCC(=O)OC[C@H](CO[C@H]1O[C@H](CS(=O)(=O)O)[C@@H](O)C(O)C1O)OC(=O)CCCCCCCCCC. The highest BCUT2D eigenvalue weighted by Crippen LogP contribution is 2.24. The molecule has 0 spiro atoms. The van der Waals surface area contributed by atoms with Crippen molar-refractivity contribution < 1.29 is 56.8 Å². The van der Waals surface area contributed by atoms with Crippen molar-refractivity contribution in [2.24, 2.45) is 0 Å². The van der Waals surface area contributed by atoms with Crippen LogP contribution < -0.4 is 0 Å². The first-order valence-corrected chi connectivity index (χ1v) is 20.7. The van der Waals surface area contributed by atoms with Crippen molar-refractivity contribution in [1.82, 2.24) is 0 Å². The van der Waals surface area contributed by atoms with Crippen LogP contribution in [0, 0.1) is 0 Å². The van der Waals surface area contributed by atoms with Gasteiger partial charge < -0.3 is 34.3 Å². The molecule has 0 aromatic rings. The van der Waals surface area contributed by atoms with Gasteiger partial charge in [-0.25, -0.2) is 0 Å². The minimum atomic E-state index is -4.60. The van der Waals surface area contributed by atoms with Gasteiger partial charge in [0.2, 0.25) is 0 Å². The fourth-order valence-corrected chi connectivity index (χ4v) is 6.14. The van der Waals surface area contributed by atoms with E-state index in [0.717, 1.165) is 51.4 Å². The van der Waals surface area contributed by atoms with Gasteiger partial charge in [-0.1, -0.05) is 108 Å². The van der Waals surface area contributed by atoms with E-state index in [1.165, 1.54) is 44.9 Å². The second kappa shape index (κ2) is 29.3. The number of esters is 2. The van der Waals surface area contributed by atoms with Gasteiger partial charge in [0.15, 0.2) is 12.4 Å². The van der Waals surface area contributed by atoms with E-state index < -0.39 is 71.2 Å². The fourth-order valence-electron chi connectivity index (χ4n) is 5.45. The Hall–Kier alpha value is -2.13. The topological polar surface area (TPSA) is 186 Å². The van der Waals surface area contributed by atoms with E-state index in [1.54, 1.807) is 0 Å². The lowest BCUT2D eigenvalue weighted by Gasteiger charge is -2.40. The molecule has 13 heteroatoms. The van der Waals surface area contributed by atoms with Crippen molar-refractivity contribution in [2.45, 2.75) is 173 Å². The molecule has 1 aliphatic rings. The molecule has 6 atom stereocenters. The van der Waals surface area contributed by atoms with Crippen molar-refractivity contribution in [3.05, 3.63) is 36.5 Å². The van der Waals surface area contributed by atoms with Crippen LogP contribution in [0.25, 0.3) is 0 Å². The molecule has 4 N–H and O–H groups in total. The Morgan fingerprint density at radius 3 is 1.78 bits per heavy atom. The maximum atomic E-state index is 12.6. The molecule has 51 heavy (non-hydrogen) atoms. The van der Waals surface area contributed by atoms with Crippen molar-refractivity contribution in [3.8, 4) is 0 Å². The normalized spacial score (nSPS) is 21.9. The molecular formula is C38H66O12S. The molecule has 0 bridgehead atoms. The highest BCUT2D eigenvalue weighted by molar-refractivity contribution is 7.85. The Morgan fingerprint density at radius 2 is 1.18 bits per heavy atom. The number of carbonyl (C=O) groups excluding carboxylic acids is 2. The van der Waals surface area contributed by atoms with Crippen LogP contribution in [0.15, 0.2) is 36.5 Å². The maximum Gasteiger partial charge on any atom is 0.306 e. The van der Waals surface area contributed by atoms with Crippen molar-refractivity contribution >= 4 is 22.1 Å². The average molecular weight is 747 g/mol. The summed E-state index contributed by atoms with van der Waals surface area (Å²) in [6, 6.07) is 0. The van der Waals surface area contributed by atoms with Crippen molar-refractivity contribution in [2.75, 3.05) is 19.0 Å². The minimum absolute atomic E-state index is 0.156. The third-order valence-corrected chi connectivity index (χ3v) is 9.22. The Bertz CT molecular complexity index is 1110. The van der Waals surface area contributed by atoms with E-state index in [2.05, 4.69) is 50.3 Å². The molecule has 0 saturated carbocycles. The monoisotopic (exact) mass is 746 g/mol. The maximum absolute atomic E-state index is 12.6. The lowest BCUT2D eigenvalue weighted by Crippen LogP contribution is -2.60. The van der Waals surface area contributed by atoms with Gasteiger partial charge in [-0.2, -0.15) is 8.42 Å². The molecule has 1 aliphatic heterocycles. The van der Waals surface area contributed by atoms with Crippen LogP contribution in [-0.4, -0.2) is 96.0 Å². The van der Waals surface area contributed by atoms with Gasteiger partial charge >= 0.3 is 11.9 Å². The predicted molar refractivity (Wildman–Crippen MR) is 196 cm³/mol. The van der Waals surface area contributed by atoms with Crippen LogP contribution in [0.4, 0.5) is 0 Å². The lowest BCUT2D eigenvalue weighted by molar-refractivity contribution is -0.297. The van der Waals surface area contributed by atoms with Crippen LogP contribution in [0.2, 0.25) is 0 Å². The van der Waals surface area contributed by atoms with Gasteiger partial charge in [0, 0.05) is 12.8 Å². The zero-order valence-corrected chi connectivity index (χ0v) is 31.8. The number of aliphatic hydroxyl groups is 3. The summed E-state index contributed by atoms with van der Waals surface area (Å²) in [5.41, 5.74) is 0. The lowest BCUT2D eigenvalue weighted by atomic mass is 10.00. The highest BCUT2D eigenvalue weighted by Gasteiger charge is 2.46. The van der Waals surface area contributed by atoms with E-state index in [1.807, 2.05) is 0 Å². The molecule has 0 amide bonds. The van der Waals surface area contributed by atoms with Crippen LogP contribution in [0.5, 0.6) is 0 Å². The first kappa shape index (κ1) is 46.9. The number of allylic oxidation sites excluding steroid dienone is 6. The second-order valence-electron chi connectivity index (χ2n) is 13.2. The number of rotatable bonds is 30. The quantitative estimate of drug-likeness (QED) is 0.0280. The third kappa shape index (κ3) is 24.7. The van der Waals surface area contributed by atoms with Crippen LogP contribution in [0.3, 0.4) is 0 Å². The van der Waals surface area contributed by atoms with Gasteiger partial charge in [0.05, 0.1) is 6.61 Å². The molecule has 12 nitrogen and oxygen atoms in total. The fraction of sp³-hybridized carbons (Fsp3) is 0.789. The third-order valence-electron chi connectivity index (χ3n) is 8.47. The zero-order valence-electron chi connectivity index (χ0n) is 30.9. The molecule has 0 aromatic carbocycles. The van der Waals surface area contributed by atoms with Gasteiger partial charge in [-0.05, 0) is 51.4 Å². The summed E-state index contributed by atoms with van der Waals surface area (Å²) in [7, 11) is -4.60. The van der Waals surface area contributed by atoms with E-state index in [9.17, 15) is 37.9 Å². The summed E-state index contributed by atoms with van der Waals surface area (Å²) in [4.78, 5) is 25.1. The first-order chi connectivity index (χ1) is 24.5. The largest absolute Gasteiger partial charge is 0.462 e. The van der Waals surface area contributed by atoms with E-state index in [0.29, 0.717) is 12.8 Å².